The van der Waals surface area contributed by atoms with E-state index in [1.54, 1.807) is 0 Å². The molecule has 0 aliphatic rings. The summed E-state index contributed by atoms with van der Waals surface area (Å²) >= 11 is 5.35. The highest BCUT2D eigenvalue weighted by molar-refractivity contribution is 6.18. The fourth-order valence-corrected chi connectivity index (χ4v) is 1.61. The van der Waals surface area contributed by atoms with Gasteiger partial charge in [0.25, 0.3) is 12.3 Å². The molecule has 0 spiro atoms. The maximum absolute atomic E-state index is 13.0. The Bertz CT molecular complexity index is 445. The third kappa shape index (κ3) is 4.05. The zero-order chi connectivity index (χ0) is 14.6. The van der Waals surface area contributed by atoms with Crippen molar-refractivity contribution < 1.29 is 26.7 Å². The lowest BCUT2D eigenvalue weighted by atomic mass is 10.1. The summed E-state index contributed by atoms with van der Waals surface area (Å²) in [5.74, 6) is -6.02. The van der Waals surface area contributed by atoms with E-state index in [0.717, 1.165) is 0 Å². The van der Waals surface area contributed by atoms with Crippen LogP contribution in [0.3, 0.4) is 0 Å². The molecule has 0 fully saturated rings. The first-order valence-corrected chi connectivity index (χ1v) is 5.68. The lowest BCUT2D eigenvalue weighted by molar-refractivity contribution is 0.0570. The van der Waals surface area contributed by atoms with E-state index in [2.05, 4.69) is 0 Å². The highest BCUT2D eigenvalue weighted by Gasteiger charge is 2.22. The summed E-state index contributed by atoms with van der Waals surface area (Å²) in [7, 11) is 0. The first-order chi connectivity index (χ1) is 8.86. The summed E-state index contributed by atoms with van der Waals surface area (Å²) in [4.78, 5) is 12.4. The van der Waals surface area contributed by atoms with Gasteiger partial charge in [0, 0.05) is 18.0 Å². The molecule has 0 aromatic heterocycles. The van der Waals surface area contributed by atoms with Gasteiger partial charge in [0.1, 0.15) is 0 Å². The molecule has 0 N–H and O–H groups in total. The molecule has 0 saturated carbocycles. The van der Waals surface area contributed by atoms with Crippen molar-refractivity contribution in [2.45, 2.75) is 6.43 Å². The Morgan fingerprint density at radius 1 is 1.21 bits per heavy atom. The molecule has 0 radical (unpaired) electrons. The molecule has 0 aliphatic carbocycles. The van der Waals surface area contributed by atoms with Crippen LogP contribution >= 0.6 is 11.6 Å². The SMILES string of the molecule is O=C(c1cc(F)c(F)c(F)c1)N(CCCl)CC(F)F. The first-order valence-electron chi connectivity index (χ1n) is 5.14. The van der Waals surface area contributed by atoms with E-state index in [9.17, 15) is 26.7 Å². The number of carbonyl (C=O) groups is 1. The van der Waals surface area contributed by atoms with Gasteiger partial charge in [0.05, 0.1) is 6.54 Å². The highest BCUT2D eigenvalue weighted by Crippen LogP contribution is 2.16. The van der Waals surface area contributed by atoms with Crippen molar-refractivity contribution in [3.63, 3.8) is 0 Å². The first kappa shape index (κ1) is 15.7. The van der Waals surface area contributed by atoms with Crippen LogP contribution in [0.4, 0.5) is 22.0 Å². The standard InChI is InChI=1S/C11H9ClF5NO/c12-1-2-18(5-9(15)16)11(19)6-3-7(13)10(17)8(14)4-6/h3-4,9H,1-2,5H2. The third-order valence-electron chi connectivity index (χ3n) is 2.23. The molecule has 1 aromatic carbocycles. The summed E-state index contributed by atoms with van der Waals surface area (Å²) in [6.45, 7) is -1.14. The molecule has 1 aromatic rings. The number of nitrogens with zero attached hydrogens (tertiary/aromatic N) is 1. The quantitative estimate of drug-likeness (QED) is 0.465. The molecule has 0 unspecified atom stereocenters. The minimum Gasteiger partial charge on any atom is -0.332 e. The van der Waals surface area contributed by atoms with E-state index < -0.39 is 41.9 Å². The molecule has 8 heteroatoms. The minimum absolute atomic E-state index is 0.120. The van der Waals surface area contributed by atoms with E-state index >= 15 is 0 Å². The maximum atomic E-state index is 13.0. The number of hydrogen-bond donors (Lipinski definition) is 0. The van der Waals surface area contributed by atoms with Gasteiger partial charge in [0.2, 0.25) is 0 Å². The molecule has 0 heterocycles. The van der Waals surface area contributed by atoms with E-state index in [4.69, 9.17) is 11.6 Å². The van der Waals surface area contributed by atoms with Crippen LogP contribution in [-0.4, -0.2) is 36.2 Å². The number of alkyl halides is 3. The van der Waals surface area contributed by atoms with E-state index in [1.165, 1.54) is 0 Å². The molecule has 106 valence electrons. The second-order valence-electron chi connectivity index (χ2n) is 3.59. The Hall–Kier alpha value is -1.37. The van der Waals surface area contributed by atoms with Crippen LogP contribution in [0.25, 0.3) is 0 Å². The maximum Gasteiger partial charge on any atom is 0.255 e. The van der Waals surface area contributed by atoms with Gasteiger partial charge in [-0.3, -0.25) is 4.79 Å². The number of amides is 1. The predicted octanol–water partition coefficient (Wildman–Crippen LogP) is 3.05. The van der Waals surface area contributed by atoms with Crippen molar-refractivity contribution in [2.24, 2.45) is 0 Å². The summed E-state index contributed by atoms with van der Waals surface area (Å²) in [6.07, 6.45) is -2.82. The summed E-state index contributed by atoms with van der Waals surface area (Å²) in [5.41, 5.74) is -0.554. The van der Waals surface area contributed by atoms with Crippen LogP contribution in [0, 0.1) is 17.5 Å². The highest BCUT2D eigenvalue weighted by atomic mass is 35.5. The monoisotopic (exact) mass is 301 g/mol. The van der Waals surface area contributed by atoms with E-state index in [0.29, 0.717) is 17.0 Å². The van der Waals surface area contributed by atoms with Gasteiger partial charge in [0.15, 0.2) is 17.5 Å². The normalized spacial score (nSPS) is 10.9. The largest absolute Gasteiger partial charge is 0.332 e. The molecule has 2 nitrogen and oxygen atoms in total. The molecule has 1 rings (SSSR count). The Morgan fingerprint density at radius 3 is 2.16 bits per heavy atom. The van der Waals surface area contributed by atoms with Gasteiger partial charge in [-0.25, -0.2) is 22.0 Å². The summed E-state index contributed by atoms with van der Waals surface area (Å²) in [5, 5.41) is 0. The Balaban J connectivity index is 3.02. The smallest absolute Gasteiger partial charge is 0.255 e. The third-order valence-corrected chi connectivity index (χ3v) is 2.40. The van der Waals surface area contributed by atoms with Crippen LogP contribution in [0.15, 0.2) is 12.1 Å². The van der Waals surface area contributed by atoms with Gasteiger partial charge in [-0.2, -0.15) is 0 Å². The van der Waals surface area contributed by atoms with Gasteiger partial charge in [-0.1, -0.05) is 0 Å². The van der Waals surface area contributed by atoms with Crippen molar-refractivity contribution in [3.05, 3.63) is 35.1 Å². The summed E-state index contributed by atoms with van der Waals surface area (Å²) < 4.78 is 63.1. The number of carbonyl (C=O) groups excluding carboxylic acids is 1. The molecule has 1 amide bonds. The Labute approximate surface area is 110 Å². The Kier molecular flexibility index (Phi) is 5.53. The van der Waals surface area contributed by atoms with Crippen molar-refractivity contribution >= 4 is 17.5 Å². The average Bonchev–Trinajstić information content (AvgIpc) is 2.33. The van der Waals surface area contributed by atoms with Crippen LogP contribution in [0.1, 0.15) is 10.4 Å². The van der Waals surface area contributed by atoms with Crippen molar-refractivity contribution in [1.82, 2.24) is 4.90 Å². The van der Waals surface area contributed by atoms with Crippen LogP contribution < -0.4 is 0 Å². The lowest BCUT2D eigenvalue weighted by Gasteiger charge is -2.21. The lowest BCUT2D eigenvalue weighted by Crippen LogP contribution is -2.36. The van der Waals surface area contributed by atoms with E-state index in [1.807, 2.05) is 0 Å². The number of benzene rings is 1. The Morgan fingerprint density at radius 2 is 1.74 bits per heavy atom. The molecular weight excluding hydrogens is 293 g/mol. The molecule has 0 saturated heterocycles. The number of rotatable bonds is 5. The zero-order valence-corrected chi connectivity index (χ0v) is 10.2. The number of hydrogen-bond acceptors (Lipinski definition) is 1. The molecular formula is C11H9ClF5NO. The van der Waals surface area contributed by atoms with Crippen molar-refractivity contribution in [1.29, 1.82) is 0 Å². The fraction of sp³-hybridized carbons (Fsp3) is 0.364. The molecule has 19 heavy (non-hydrogen) atoms. The van der Waals surface area contributed by atoms with Crippen molar-refractivity contribution in [2.75, 3.05) is 19.0 Å². The van der Waals surface area contributed by atoms with E-state index in [-0.39, 0.29) is 12.4 Å². The van der Waals surface area contributed by atoms with Crippen LogP contribution in [0.5, 0.6) is 0 Å². The number of halogens is 6. The fourth-order valence-electron chi connectivity index (χ4n) is 1.41. The zero-order valence-electron chi connectivity index (χ0n) is 9.48. The second kappa shape index (κ2) is 6.70. The summed E-state index contributed by atoms with van der Waals surface area (Å²) in [6, 6.07) is 0.904. The molecule has 0 bridgehead atoms. The van der Waals surface area contributed by atoms with Gasteiger partial charge < -0.3 is 4.90 Å². The van der Waals surface area contributed by atoms with Crippen LogP contribution in [-0.2, 0) is 0 Å². The average molecular weight is 302 g/mol. The van der Waals surface area contributed by atoms with Gasteiger partial charge >= 0.3 is 0 Å². The van der Waals surface area contributed by atoms with Crippen molar-refractivity contribution in [3.8, 4) is 0 Å². The second-order valence-corrected chi connectivity index (χ2v) is 3.96. The predicted molar refractivity (Wildman–Crippen MR) is 58.9 cm³/mol. The molecule has 0 atom stereocenters. The minimum atomic E-state index is -2.82. The topological polar surface area (TPSA) is 20.3 Å². The molecule has 0 aliphatic heterocycles. The van der Waals surface area contributed by atoms with Gasteiger partial charge in [-0.15, -0.1) is 11.6 Å². The van der Waals surface area contributed by atoms with Gasteiger partial charge in [-0.05, 0) is 12.1 Å². The van der Waals surface area contributed by atoms with Crippen LogP contribution in [0.2, 0.25) is 0 Å².